The van der Waals surface area contributed by atoms with Crippen LogP contribution in [0, 0.1) is 11.5 Å². The first-order valence-corrected chi connectivity index (χ1v) is 13.0. The molecule has 0 radical (unpaired) electrons. The summed E-state index contributed by atoms with van der Waals surface area (Å²) in [7, 11) is -1.61. The summed E-state index contributed by atoms with van der Waals surface area (Å²) in [5.74, 6) is 3.39. The van der Waals surface area contributed by atoms with Crippen LogP contribution in [0.25, 0.3) is 22.6 Å². The van der Waals surface area contributed by atoms with Crippen molar-refractivity contribution in [2.45, 2.75) is 39.5 Å². The van der Waals surface area contributed by atoms with Crippen molar-refractivity contribution < 1.29 is 0 Å². The van der Waals surface area contributed by atoms with Crippen molar-refractivity contribution in [3.05, 3.63) is 58.5 Å². The van der Waals surface area contributed by atoms with Gasteiger partial charge in [-0.2, -0.15) is 5.10 Å². The maximum absolute atomic E-state index is 12.2. The summed E-state index contributed by atoms with van der Waals surface area (Å²) in [6.07, 6.45) is 0. The second-order valence-electron chi connectivity index (χ2n) is 8.12. The standard InChI is InChI=1S/C22H25N5OSi/c1-15(2)27-19(28)12-11-17(26-27)21-20(16-9-7-6-8-10-16)25-22(23)18(24-21)13-14-29(3,4)5/h6-12,15H,1-5H3,(H2,23,25). The van der Waals surface area contributed by atoms with Crippen LogP contribution in [0.15, 0.2) is 47.3 Å². The molecule has 0 unspecified atom stereocenters. The topological polar surface area (TPSA) is 86.7 Å². The molecule has 0 aliphatic carbocycles. The number of hydrogen-bond acceptors (Lipinski definition) is 5. The van der Waals surface area contributed by atoms with Gasteiger partial charge in [0.25, 0.3) is 5.56 Å². The van der Waals surface area contributed by atoms with Crippen LogP contribution in [-0.4, -0.2) is 27.8 Å². The first kappa shape index (κ1) is 20.5. The van der Waals surface area contributed by atoms with Crippen molar-refractivity contribution in [1.29, 1.82) is 0 Å². The summed E-state index contributed by atoms with van der Waals surface area (Å²) >= 11 is 0. The zero-order valence-electron chi connectivity index (χ0n) is 17.4. The van der Waals surface area contributed by atoms with Crippen LogP contribution in [-0.2, 0) is 0 Å². The predicted octanol–water partition coefficient (Wildman–Crippen LogP) is 3.76. The van der Waals surface area contributed by atoms with E-state index in [4.69, 9.17) is 10.7 Å². The molecule has 2 heterocycles. The van der Waals surface area contributed by atoms with E-state index < -0.39 is 8.07 Å². The van der Waals surface area contributed by atoms with Gasteiger partial charge in [0, 0.05) is 11.6 Å². The molecule has 148 valence electrons. The van der Waals surface area contributed by atoms with Crippen LogP contribution in [0.2, 0.25) is 19.6 Å². The molecule has 0 spiro atoms. The maximum atomic E-state index is 12.2. The first-order valence-electron chi connectivity index (χ1n) is 9.52. The van der Waals surface area contributed by atoms with Crippen LogP contribution >= 0.6 is 0 Å². The van der Waals surface area contributed by atoms with E-state index in [1.54, 1.807) is 6.07 Å². The van der Waals surface area contributed by atoms with Crippen molar-refractivity contribution >= 4 is 13.9 Å². The second-order valence-corrected chi connectivity index (χ2v) is 12.9. The van der Waals surface area contributed by atoms with Gasteiger partial charge in [-0.3, -0.25) is 4.79 Å². The molecule has 0 fully saturated rings. The van der Waals surface area contributed by atoms with E-state index in [1.807, 2.05) is 44.2 Å². The first-order chi connectivity index (χ1) is 13.7. The molecule has 0 saturated carbocycles. The largest absolute Gasteiger partial charge is 0.381 e. The average Bonchev–Trinajstić information content (AvgIpc) is 2.67. The van der Waals surface area contributed by atoms with Crippen LogP contribution in [0.1, 0.15) is 25.6 Å². The molecule has 0 aliphatic rings. The lowest BCUT2D eigenvalue weighted by Crippen LogP contribution is -2.24. The molecular formula is C22H25N5OSi. The Labute approximate surface area is 171 Å². The zero-order valence-corrected chi connectivity index (χ0v) is 18.4. The Balaban J connectivity index is 2.28. The molecule has 3 rings (SSSR count). The van der Waals surface area contributed by atoms with Gasteiger partial charge in [0.15, 0.2) is 11.5 Å². The number of benzene rings is 1. The van der Waals surface area contributed by atoms with Crippen molar-refractivity contribution in [2.75, 3.05) is 5.73 Å². The fourth-order valence-electron chi connectivity index (χ4n) is 2.68. The molecule has 2 aromatic heterocycles. The highest BCUT2D eigenvalue weighted by Gasteiger charge is 2.18. The minimum absolute atomic E-state index is 0.0736. The summed E-state index contributed by atoms with van der Waals surface area (Å²) in [4.78, 5) is 21.5. The van der Waals surface area contributed by atoms with E-state index in [1.165, 1.54) is 10.7 Å². The summed E-state index contributed by atoms with van der Waals surface area (Å²) < 4.78 is 1.44. The minimum Gasteiger partial charge on any atom is -0.381 e. The van der Waals surface area contributed by atoms with Crippen LogP contribution in [0.3, 0.4) is 0 Å². The van der Waals surface area contributed by atoms with Crippen LogP contribution in [0.4, 0.5) is 5.82 Å². The van der Waals surface area contributed by atoms with Gasteiger partial charge < -0.3 is 5.73 Å². The summed E-state index contributed by atoms with van der Waals surface area (Å²) in [6, 6.07) is 12.8. The van der Waals surface area contributed by atoms with Gasteiger partial charge in [-0.1, -0.05) is 55.9 Å². The Morgan fingerprint density at radius 2 is 1.69 bits per heavy atom. The molecular weight excluding hydrogens is 378 g/mol. The van der Waals surface area contributed by atoms with Crippen LogP contribution in [0.5, 0.6) is 0 Å². The van der Waals surface area contributed by atoms with Crippen molar-refractivity contribution in [1.82, 2.24) is 19.7 Å². The number of nitrogens with two attached hydrogens (primary N) is 1. The summed E-state index contributed by atoms with van der Waals surface area (Å²) in [5.41, 5.74) is 12.4. The van der Waals surface area contributed by atoms with E-state index in [9.17, 15) is 4.79 Å². The Bertz CT molecular complexity index is 1150. The van der Waals surface area contributed by atoms with E-state index in [2.05, 4.69) is 41.2 Å². The molecule has 29 heavy (non-hydrogen) atoms. The minimum atomic E-state index is -1.61. The van der Waals surface area contributed by atoms with E-state index in [0.29, 0.717) is 22.8 Å². The number of anilines is 1. The highest BCUT2D eigenvalue weighted by Crippen LogP contribution is 2.29. The molecule has 0 aliphatic heterocycles. The maximum Gasteiger partial charge on any atom is 0.267 e. The number of nitrogen functional groups attached to an aromatic ring is 1. The number of nitrogens with zero attached hydrogens (tertiary/aromatic N) is 4. The van der Waals surface area contributed by atoms with Gasteiger partial charge >= 0.3 is 0 Å². The Morgan fingerprint density at radius 1 is 1.00 bits per heavy atom. The quantitative estimate of drug-likeness (QED) is 0.531. The van der Waals surface area contributed by atoms with Gasteiger partial charge in [0.05, 0.1) is 6.04 Å². The lowest BCUT2D eigenvalue weighted by Gasteiger charge is -2.13. The summed E-state index contributed by atoms with van der Waals surface area (Å²) in [6.45, 7) is 10.3. The number of hydrogen-bond donors (Lipinski definition) is 1. The van der Waals surface area contributed by atoms with Crippen molar-refractivity contribution in [3.8, 4) is 34.1 Å². The predicted molar refractivity (Wildman–Crippen MR) is 120 cm³/mol. The third kappa shape index (κ3) is 4.79. The van der Waals surface area contributed by atoms with Gasteiger partial charge in [0.2, 0.25) is 0 Å². The Hall–Kier alpha value is -3.24. The van der Waals surface area contributed by atoms with E-state index in [-0.39, 0.29) is 17.4 Å². The highest BCUT2D eigenvalue weighted by molar-refractivity contribution is 6.83. The van der Waals surface area contributed by atoms with Gasteiger partial charge in [-0.05, 0) is 19.9 Å². The van der Waals surface area contributed by atoms with Gasteiger partial charge in [-0.25, -0.2) is 14.6 Å². The second kappa shape index (κ2) is 8.01. The van der Waals surface area contributed by atoms with Gasteiger partial charge in [0.1, 0.15) is 25.2 Å². The molecule has 2 N–H and O–H groups in total. The van der Waals surface area contributed by atoms with Crippen LogP contribution < -0.4 is 11.3 Å². The molecule has 6 nitrogen and oxygen atoms in total. The number of aromatic nitrogens is 4. The molecule has 3 aromatic rings. The molecule has 0 saturated heterocycles. The third-order valence-electron chi connectivity index (χ3n) is 4.08. The SMILES string of the molecule is CC(C)n1nc(-c2nc(C#C[Si](C)(C)C)c(N)nc2-c2ccccc2)ccc1=O. The Kier molecular flexibility index (Phi) is 5.66. The zero-order chi connectivity index (χ0) is 21.2. The van der Waals surface area contributed by atoms with Gasteiger partial charge in [-0.15, -0.1) is 5.54 Å². The normalized spacial score (nSPS) is 11.2. The molecule has 1 aromatic carbocycles. The molecule has 0 bridgehead atoms. The third-order valence-corrected chi connectivity index (χ3v) is 4.96. The van der Waals surface area contributed by atoms with E-state index in [0.717, 1.165) is 5.56 Å². The smallest absolute Gasteiger partial charge is 0.267 e. The lowest BCUT2D eigenvalue weighted by molar-refractivity contribution is 0.504. The summed E-state index contributed by atoms with van der Waals surface area (Å²) in [5, 5.41) is 4.53. The van der Waals surface area contributed by atoms with Crippen molar-refractivity contribution in [2.24, 2.45) is 0 Å². The molecule has 7 heteroatoms. The molecule has 0 amide bonds. The lowest BCUT2D eigenvalue weighted by atomic mass is 10.1. The Morgan fingerprint density at radius 3 is 2.31 bits per heavy atom. The van der Waals surface area contributed by atoms with E-state index >= 15 is 0 Å². The molecule has 0 atom stereocenters. The van der Waals surface area contributed by atoms with Crippen molar-refractivity contribution in [3.63, 3.8) is 0 Å². The fourth-order valence-corrected chi connectivity index (χ4v) is 3.18. The number of rotatable bonds is 3. The highest BCUT2D eigenvalue weighted by atomic mass is 28.3. The average molecular weight is 404 g/mol. The fraction of sp³-hybridized carbons (Fsp3) is 0.273. The monoisotopic (exact) mass is 403 g/mol.